The molecule has 2 aliphatic rings. The Balaban J connectivity index is 1.58. The molecular weight excluding hydrogens is 244 g/mol. The van der Waals surface area contributed by atoms with Crippen molar-refractivity contribution >= 4 is 11.3 Å². The van der Waals surface area contributed by atoms with Crippen LogP contribution in [0.15, 0.2) is 0 Å². The van der Waals surface area contributed by atoms with E-state index in [2.05, 4.69) is 20.4 Å². The summed E-state index contributed by atoms with van der Waals surface area (Å²) in [5.74, 6) is 0.702. The van der Waals surface area contributed by atoms with Crippen LogP contribution in [0.25, 0.3) is 0 Å². The minimum absolute atomic E-state index is 0.702. The third-order valence-electron chi connectivity index (χ3n) is 4.01. The first kappa shape index (κ1) is 12.5. The summed E-state index contributed by atoms with van der Waals surface area (Å²) in [4.78, 5) is 2.47. The van der Waals surface area contributed by atoms with Gasteiger partial charge in [-0.2, -0.15) is 0 Å². The van der Waals surface area contributed by atoms with Gasteiger partial charge < -0.3 is 5.32 Å². The second kappa shape index (κ2) is 6.08. The molecule has 0 amide bonds. The Morgan fingerprint density at radius 2 is 1.89 bits per heavy atom. The fourth-order valence-corrected chi connectivity index (χ4v) is 3.96. The van der Waals surface area contributed by atoms with Crippen LogP contribution in [-0.2, 0) is 6.54 Å². The minimum Gasteiger partial charge on any atom is -0.314 e. The quantitative estimate of drug-likeness (QED) is 0.908. The summed E-state index contributed by atoms with van der Waals surface area (Å²) in [5, 5.41) is 14.7. The van der Waals surface area contributed by atoms with Crippen LogP contribution < -0.4 is 5.32 Å². The van der Waals surface area contributed by atoms with E-state index in [0.29, 0.717) is 5.92 Å². The van der Waals surface area contributed by atoms with Crippen LogP contribution in [0.4, 0.5) is 0 Å². The van der Waals surface area contributed by atoms with Crippen LogP contribution in [0.2, 0.25) is 0 Å². The average molecular weight is 266 g/mol. The molecule has 1 aliphatic heterocycles. The molecule has 100 valence electrons. The van der Waals surface area contributed by atoms with E-state index < -0.39 is 0 Å². The van der Waals surface area contributed by atoms with E-state index in [1.54, 1.807) is 0 Å². The summed E-state index contributed by atoms with van der Waals surface area (Å²) in [7, 11) is 0. The van der Waals surface area contributed by atoms with Crippen LogP contribution >= 0.6 is 11.3 Å². The Bertz CT molecular complexity index is 367. The monoisotopic (exact) mass is 266 g/mol. The Labute approximate surface area is 113 Å². The number of nitrogens with zero attached hydrogens (tertiary/aromatic N) is 3. The van der Waals surface area contributed by atoms with Crippen LogP contribution in [0, 0.1) is 0 Å². The highest BCUT2D eigenvalue weighted by atomic mass is 32.1. The van der Waals surface area contributed by atoms with E-state index in [4.69, 9.17) is 0 Å². The maximum atomic E-state index is 4.43. The van der Waals surface area contributed by atoms with Gasteiger partial charge in [0, 0.05) is 32.1 Å². The van der Waals surface area contributed by atoms with Crippen LogP contribution in [0.1, 0.15) is 48.0 Å². The highest BCUT2D eigenvalue weighted by molar-refractivity contribution is 7.11. The molecular formula is C13H22N4S. The normalized spacial score (nSPS) is 23.3. The summed E-state index contributed by atoms with van der Waals surface area (Å²) in [5.41, 5.74) is 0. The second-order valence-electron chi connectivity index (χ2n) is 5.40. The third-order valence-corrected chi connectivity index (χ3v) is 5.08. The number of nitrogens with one attached hydrogen (secondary N) is 1. The van der Waals surface area contributed by atoms with Gasteiger partial charge in [0.25, 0.3) is 0 Å². The Morgan fingerprint density at radius 1 is 1.11 bits per heavy atom. The lowest BCUT2D eigenvalue weighted by molar-refractivity contribution is 0.232. The first-order valence-corrected chi connectivity index (χ1v) is 7.99. The lowest BCUT2D eigenvalue weighted by atomic mass is 9.90. The summed E-state index contributed by atoms with van der Waals surface area (Å²) < 4.78 is 0. The molecule has 1 N–H and O–H groups in total. The van der Waals surface area contributed by atoms with Gasteiger partial charge in [0.2, 0.25) is 0 Å². The molecule has 1 saturated heterocycles. The fraction of sp³-hybridized carbons (Fsp3) is 0.846. The van der Waals surface area contributed by atoms with E-state index in [1.807, 2.05) is 11.3 Å². The Hall–Kier alpha value is -0.520. The van der Waals surface area contributed by atoms with Crippen LogP contribution in [0.3, 0.4) is 0 Å². The first-order chi connectivity index (χ1) is 8.92. The van der Waals surface area contributed by atoms with E-state index >= 15 is 0 Å². The third kappa shape index (κ3) is 3.08. The van der Waals surface area contributed by atoms with Gasteiger partial charge in [0.1, 0.15) is 10.0 Å². The highest BCUT2D eigenvalue weighted by Crippen LogP contribution is 2.34. The maximum absolute atomic E-state index is 4.43. The summed E-state index contributed by atoms with van der Waals surface area (Å²) >= 11 is 1.85. The molecule has 4 nitrogen and oxygen atoms in total. The number of rotatable bonds is 3. The van der Waals surface area contributed by atoms with Crippen molar-refractivity contribution < 1.29 is 0 Å². The van der Waals surface area contributed by atoms with Crippen molar-refractivity contribution in [2.75, 3.05) is 26.2 Å². The Kier molecular flexibility index (Phi) is 4.23. The first-order valence-electron chi connectivity index (χ1n) is 7.17. The molecule has 3 rings (SSSR count). The van der Waals surface area contributed by atoms with Crippen molar-refractivity contribution in [1.29, 1.82) is 0 Å². The van der Waals surface area contributed by atoms with E-state index in [0.717, 1.165) is 32.7 Å². The maximum Gasteiger partial charge on any atom is 0.131 e. The number of aromatic nitrogens is 2. The molecule has 0 atom stereocenters. The van der Waals surface area contributed by atoms with E-state index in [9.17, 15) is 0 Å². The molecule has 1 aromatic rings. The van der Waals surface area contributed by atoms with Crippen molar-refractivity contribution in [3.8, 4) is 0 Å². The molecule has 0 radical (unpaired) electrons. The Morgan fingerprint density at radius 3 is 2.67 bits per heavy atom. The van der Waals surface area contributed by atoms with Crippen molar-refractivity contribution in [3.05, 3.63) is 10.0 Å². The molecule has 0 bridgehead atoms. The SMILES string of the molecule is C1CCC(c2nnc(CN3CCNCC3)s2)CC1. The summed E-state index contributed by atoms with van der Waals surface area (Å²) in [6, 6.07) is 0. The smallest absolute Gasteiger partial charge is 0.131 e. The largest absolute Gasteiger partial charge is 0.314 e. The molecule has 0 spiro atoms. The zero-order chi connectivity index (χ0) is 12.2. The molecule has 1 aliphatic carbocycles. The van der Waals surface area contributed by atoms with Crippen molar-refractivity contribution in [2.45, 2.75) is 44.6 Å². The highest BCUT2D eigenvalue weighted by Gasteiger charge is 2.20. The van der Waals surface area contributed by atoms with E-state index in [1.165, 1.54) is 42.1 Å². The van der Waals surface area contributed by atoms with Gasteiger partial charge in [0.05, 0.1) is 6.54 Å². The fourth-order valence-electron chi connectivity index (χ4n) is 2.91. The molecule has 0 unspecified atom stereocenters. The second-order valence-corrected chi connectivity index (χ2v) is 6.49. The summed E-state index contributed by atoms with van der Waals surface area (Å²) in [6.07, 6.45) is 6.79. The van der Waals surface area contributed by atoms with Gasteiger partial charge in [0.15, 0.2) is 0 Å². The van der Waals surface area contributed by atoms with Crippen molar-refractivity contribution in [2.24, 2.45) is 0 Å². The molecule has 18 heavy (non-hydrogen) atoms. The van der Waals surface area contributed by atoms with Gasteiger partial charge in [-0.15, -0.1) is 10.2 Å². The molecule has 0 aromatic carbocycles. The molecule has 5 heteroatoms. The topological polar surface area (TPSA) is 41.1 Å². The van der Waals surface area contributed by atoms with Gasteiger partial charge in [-0.3, -0.25) is 4.90 Å². The van der Waals surface area contributed by atoms with Gasteiger partial charge >= 0.3 is 0 Å². The van der Waals surface area contributed by atoms with Crippen LogP contribution in [0.5, 0.6) is 0 Å². The van der Waals surface area contributed by atoms with Crippen molar-refractivity contribution in [3.63, 3.8) is 0 Å². The van der Waals surface area contributed by atoms with E-state index in [-0.39, 0.29) is 0 Å². The molecule has 2 heterocycles. The number of hydrogen-bond donors (Lipinski definition) is 1. The van der Waals surface area contributed by atoms with Gasteiger partial charge in [-0.1, -0.05) is 30.6 Å². The van der Waals surface area contributed by atoms with Crippen LogP contribution in [-0.4, -0.2) is 41.3 Å². The number of piperazine rings is 1. The summed E-state index contributed by atoms with van der Waals surface area (Å²) in [6.45, 7) is 5.48. The molecule has 1 saturated carbocycles. The van der Waals surface area contributed by atoms with Gasteiger partial charge in [-0.05, 0) is 12.8 Å². The zero-order valence-corrected chi connectivity index (χ0v) is 11.7. The van der Waals surface area contributed by atoms with Gasteiger partial charge in [-0.25, -0.2) is 0 Å². The predicted octanol–water partition coefficient (Wildman–Crippen LogP) is 1.99. The minimum atomic E-state index is 0.702. The molecule has 2 fully saturated rings. The number of hydrogen-bond acceptors (Lipinski definition) is 5. The average Bonchev–Trinajstić information content (AvgIpc) is 2.89. The van der Waals surface area contributed by atoms with Crippen molar-refractivity contribution in [1.82, 2.24) is 20.4 Å². The lowest BCUT2D eigenvalue weighted by Crippen LogP contribution is -2.42. The zero-order valence-electron chi connectivity index (χ0n) is 10.9. The lowest BCUT2D eigenvalue weighted by Gasteiger charge is -2.25. The standard InChI is InChI=1S/C13H22N4S/c1-2-4-11(5-3-1)13-16-15-12(18-13)10-17-8-6-14-7-9-17/h11,14H,1-10H2. The predicted molar refractivity (Wildman–Crippen MR) is 73.9 cm³/mol. The molecule has 1 aromatic heterocycles.